The summed E-state index contributed by atoms with van der Waals surface area (Å²) in [6.07, 6.45) is 0. The van der Waals surface area contributed by atoms with Crippen molar-refractivity contribution in [1.82, 2.24) is 5.32 Å². The molecule has 0 fully saturated rings. The third kappa shape index (κ3) is 3.38. The van der Waals surface area contributed by atoms with Gasteiger partial charge in [-0.25, -0.2) is 0 Å². The fraction of sp³-hybridized carbons (Fsp3) is 0.235. The van der Waals surface area contributed by atoms with Gasteiger partial charge in [0.05, 0.1) is 13.2 Å². The lowest BCUT2D eigenvalue weighted by Crippen LogP contribution is -2.26. The van der Waals surface area contributed by atoms with Crippen molar-refractivity contribution in [3.63, 3.8) is 0 Å². The average Bonchev–Trinajstić information content (AvgIpc) is 2.46. The van der Waals surface area contributed by atoms with Crippen LogP contribution >= 0.6 is 0 Å². The normalized spacial score (nSPS) is 11.8. The Morgan fingerprint density at radius 3 is 1.95 bits per heavy atom. The van der Waals surface area contributed by atoms with Gasteiger partial charge >= 0.3 is 0 Å². The maximum atomic E-state index is 11.5. The van der Waals surface area contributed by atoms with Crippen molar-refractivity contribution in [2.75, 3.05) is 7.11 Å². The van der Waals surface area contributed by atoms with Crippen LogP contribution in [0.2, 0.25) is 0 Å². The number of nitrogens with one attached hydrogen (secondary N) is 1. The molecule has 0 aliphatic carbocycles. The molecule has 1 atom stereocenters. The van der Waals surface area contributed by atoms with Crippen LogP contribution in [-0.2, 0) is 4.79 Å². The SMILES string of the molecule is COc1ccc([C@@H](NC(C)=O)c2ccc(C)cc2)cc1. The van der Waals surface area contributed by atoms with Gasteiger partial charge in [-0.1, -0.05) is 42.0 Å². The van der Waals surface area contributed by atoms with Crippen molar-refractivity contribution in [1.29, 1.82) is 0 Å². The Hall–Kier alpha value is -2.29. The van der Waals surface area contributed by atoms with Gasteiger partial charge in [-0.2, -0.15) is 0 Å². The Morgan fingerprint density at radius 2 is 1.50 bits per heavy atom. The number of ether oxygens (including phenoxy) is 1. The van der Waals surface area contributed by atoms with E-state index in [0.717, 1.165) is 16.9 Å². The number of carbonyl (C=O) groups excluding carboxylic acids is 1. The fourth-order valence-electron chi connectivity index (χ4n) is 2.12. The average molecular weight is 269 g/mol. The van der Waals surface area contributed by atoms with E-state index in [-0.39, 0.29) is 11.9 Å². The molecule has 0 radical (unpaired) electrons. The summed E-state index contributed by atoms with van der Waals surface area (Å²) < 4.78 is 5.16. The Kier molecular flexibility index (Phi) is 4.41. The van der Waals surface area contributed by atoms with Crippen molar-refractivity contribution < 1.29 is 9.53 Å². The summed E-state index contributed by atoms with van der Waals surface area (Å²) in [6.45, 7) is 3.58. The summed E-state index contributed by atoms with van der Waals surface area (Å²) in [5.74, 6) is 0.755. The highest BCUT2D eigenvalue weighted by Crippen LogP contribution is 2.24. The molecule has 1 N–H and O–H groups in total. The smallest absolute Gasteiger partial charge is 0.217 e. The zero-order valence-electron chi connectivity index (χ0n) is 12.0. The summed E-state index contributed by atoms with van der Waals surface area (Å²) in [4.78, 5) is 11.5. The van der Waals surface area contributed by atoms with Crippen molar-refractivity contribution >= 4 is 5.91 Å². The van der Waals surface area contributed by atoms with Crippen LogP contribution in [0.3, 0.4) is 0 Å². The van der Waals surface area contributed by atoms with Crippen LogP contribution in [0.5, 0.6) is 5.75 Å². The minimum atomic E-state index is -0.140. The molecule has 1 amide bonds. The number of hydrogen-bond acceptors (Lipinski definition) is 2. The summed E-state index contributed by atoms with van der Waals surface area (Å²) in [5.41, 5.74) is 3.30. The van der Waals surface area contributed by atoms with Crippen LogP contribution in [0.1, 0.15) is 29.7 Å². The zero-order chi connectivity index (χ0) is 14.5. The zero-order valence-corrected chi connectivity index (χ0v) is 12.0. The van der Waals surface area contributed by atoms with Gasteiger partial charge in [0.2, 0.25) is 5.91 Å². The van der Waals surface area contributed by atoms with Crippen molar-refractivity contribution in [3.8, 4) is 5.75 Å². The van der Waals surface area contributed by atoms with Crippen LogP contribution < -0.4 is 10.1 Å². The summed E-state index contributed by atoms with van der Waals surface area (Å²) in [7, 11) is 1.64. The molecule has 0 spiro atoms. The van der Waals surface area contributed by atoms with Gasteiger partial charge in [0, 0.05) is 6.92 Å². The maximum Gasteiger partial charge on any atom is 0.217 e. The molecule has 20 heavy (non-hydrogen) atoms. The monoisotopic (exact) mass is 269 g/mol. The fourth-order valence-corrected chi connectivity index (χ4v) is 2.12. The molecule has 2 aromatic rings. The summed E-state index contributed by atoms with van der Waals surface area (Å²) in [6, 6.07) is 15.8. The number of methoxy groups -OCH3 is 1. The van der Waals surface area contributed by atoms with Gasteiger partial charge in [-0.05, 0) is 30.2 Å². The lowest BCUT2D eigenvalue weighted by Gasteiger charge is -2.19. The number of hydrogen-bond donors (Lipinski definition) is 1. The third-order valence-electron chi connectivity index (χ3n) is 3.21. The molecule has 0 saturated carbocycles. The quantitative estimate of drug-likeness (QED) is 0.925. The van der Waals surface area contributed by atoms with E-state index in [0.29, 0.717) is 0 Å². The number of rotatable bonds is 4. The molecule has 0 aromatic heterocycles. The molecule has 104 valence electrons. The second-order valence-electron chi connectivity index (χ2n) is 4.82. The first-order valence-electron chi connectivity index (χ1n) is 6.58. The Labute approximate surface area is 119 Å². The molecule has 0 bridgehead atoms. The number of amides is 1. The predicted octanol–water partition coefficient (Wildman–Crippen LogP) is 3.23. The lowest BCUT2D eigenvalue weighted by atomic mass is 9.97. The topological polar surface area (TPSA) is 38.3 Å². The van der Waals surface area contributed by atoms with E-state index in [2.05, 4.69) is 5.32 Å². The molecule has 0 aliphatic heterocycles. The number of benzene rings is 2. The van der Waals surface area contributed by atoms with Gasteiger partial charge in [0.15, 0.2) is 0 Å². The standard InChI is InChI=1S/C17H19NO2/c1-12-4-6-14(7-5-12)17(18-13(2)19)15-8-10-16(20-3)11-9-15/h4-11,17H,1-3H3,(H,18,19)/t17-/m0/s1. The summed E-state index contributed by atoms with van der Waals surface area (Å²) >= 11 is 0. The van der Waals surface area contributed by atoms with E-state index in [1.807, 2.05) is 55.5 Å². The van der Waals surface area contributed by atoms with Crippen molar-refractivity contribution in [3.05, 3.63) is 65.2 Å². The third-order valence-corrected chi connectivity index (χ3v) is 3.21. The molecular formula is C17H19NO2. The highest BCUT2D eigenvalue weighted by atomic mass is 16.5. The minimum Gasteiger partial charge on any atom is -0.497 e. The van der Waals surface area contributed by atoms with E-state index in [1.165, 1.54) is 12.5 Å². The highest BCUT2D eigenvalue weighted by Gasteiger charge is 2.15. The second kappa shape index (κ2) is 6.24. The lowest BCUT2D eigenvalue weighted by molar-refractivity contribution is -0.119. The maximum absolute atomic E-state index is 11.5. The van der Waals surface area contributed by atoms with Gasteiger partial charge in [0.25, 0.3) is 0 Å². The van der Waals surface area contributed by atoms with E-state index in [9.17, 15) is 4.79 Å². The van der Waals surface area contributed by atoms with E-state index in [1.54, 1.807) is 7.11 Å². The van der Waals surface area contributed by atoms with E-state index >= 15 is 0 Å². The van der Waals surface area contributed by atoms with Crippen LogP contribution in [0.15, 0.2) is 48.5 Å². The van der Waals surface area contributed by atoms with Crippen LogP contribution in [0.25, 0.3) is 0 Å². The molecule has 2 aromatic carbocycles. The minimum absolute atomic E-state index is 0.0496. The van der Waals surface area contributed by atoms with Crippen molar-refractivity contribution in [2.45, 2.75) is 19.9 Å². The largest absolute Gasteiger partial charge is 0.497 e. The predicted molar refractivity (Wildman–Crippen MR) is 79.8 cm³/mol. The molecular weight excluding hydrogens is 250 g/mol. The van der Waals surface area contributed by atoms with Crippen LogP contribution in [-0.4, -0.2) is 13.0 Å². The summed E-state index contributed by atoms with van der Waals surface area (Å²) in [5, 5.41) is 2.99. The first-order valence-corrected chi connectivity index (χ1v) is 6.58. The molecule has 0 aliphatic rings. The molecule has 2 rings (SSSR count). The first kappa shape index (κ1) is 14.1. The molecule has 0 saturated heterocycles. The number of carbonyl (C=O) groups is 1. The first-order chi connectivity index (χ1) is 9.60. The van der Waals surface area contributed by atoms with Gasteiger partial charge < -0.3 is 10.1 Å². The Morgan fingerprint density at radius 1 is 1.00 bits per heavy atom. The molecule has 0 unspecified atom stereocenters. The Balaban J connectivity index is 2.35. The van der Waals surface area contributed by atoms with Crippen molar-refractivity contribution in [2.24, 2.45) is 0 Å². The number of aryl methyl sites for hydroxylation is 1. The highest BCUT2D eigenvalue weighted by molar-refractivity contribution is 5.74. The van der Waals surface area contributed by atoms with Gasteiger partial charge in [0.1, 0.15) is 5.75 Å². The van der Waals surface area contributed by atoms with E-state index < -0.39 is 0 Å². The van der Waals surface area contributed by atoms with Gasteiger partial charge in [-0.15, -0.1) is 0 Å². The van der Waals surface area contributed by atoms with E-state index in [4.69, 9.17) is 4.74 Å². The van der Waals surface area contributed by atoms with Crippen LogP contribution in [0.4, 0.5) is 0 Å². The molecule has 3 heteroatoms. The van der Waals surface area contributed by atoms with Gasteiger partial charge in [-0.3, -0.25) is 4.79 Å². The van der Waals surface area contributed by atoms with Crippen LogP contribution in [0, 0.1) is 6.92 Å². The second-order valence-corrected chi connectivity index (χ2v) is 4.82. The molecule has 0 heterocycles. The molecule has 3 nitrogen and oxygen atoms in total. The Bertz CT molecular complexity index is 573.